The van der Waals surface area contributed by atoms with E-state index in [1.54, 1.807) is 0 Å². The molecular weight excluding hydrogens is 400 g/mol. The summed E-state index contributed by atoms with van der Waals surface area (Å²) in [4.78, 5) is 37.9. The van der Waals surface area contributed by atoms with Crippen molar-refractivity contribution in [3.63, 3.8) is 0 Å². The van der Waals surface area contributed by atoms with Gasteiger partial charge in [0.05, 0.1) is 17.6 Å². The minimum atomic E-state index is -0.868. The summed E-state index contributed by atoms with van der Waals surface area (Å²) in [5, 5.41) is 11.6. The highest BCUT2D eigenvalue weighted by Crippen LogP contribution is 2.80. The van der Waals surface area contributed by atoms with Crippen LogP contribution in [0, 0.1) is 34.0 Å². The number of aliphatic hydroxyl groups is 1. The molecule has 0 aromatic rings. The van der Waals surface area contributed by atoms with Crippen molar-refractivity contribution in [3.05, 3.63) is 0 Å². The van der Waals surface area contributed by atoms with E-state index in [4.69, 9.17) is 14.2 Å². The first kappa shape index (κ1) is 21.4. The van der Waals surface area contributed by atoms with E-state index in [-0.39, 0.29) is 29.6 Å². The van der Waals surface area contributed by atoms with E-state index in [0.29, 0.717) is 19.3 Å². The maximum Gasteiger partial charge on any atom is 0.303 e. The minimum Gasteiger partial charge on any atom is -0.459 e. The number of epoxide rings is 1. The molecule has 5 rings (SSSR count). The average molecular weight is 435 g/mol. The number of rotatable bonds is 2. The van der Waals surface area contributed by atoms with Crippen LogP contribution in [0.5, 0.6) is 0 Å². The highest BCUT2D eigenvalue weighted by atomic mass is 16.6. The number of aliphatic hydroxyl groups excluding tert-OH is 1. The van der Waals surface area contributed by atoms with Crippen molar-refractivity contribution in [2.24, 2.45) is 34.0 Å². The van der Waals surface area contributed by atoms with Gasteiger partial charge in [0, 0.05) is 31.1 Å². The maximum atomic E-state index is 13.7. The summed E-state index contributed by atoms with van der Waals surface area (Å²) in [6.07, 6.45) is 0.0626. The predicted octanol–water partition coefficient (Wildman–Crippen LogP) is 2.42. The molecule has 0 unspecified atom stereocenters. The molecule has 4 aliphatic carbocycles. The lowest BCUT2D eigenvalue weighted by Gasteiger charge is -2.66. The molecule has 4 saturated carbocycles. The largest absolute Gasteiger partial charge is 0.459 e. The van der Waals surface area contributed by atoms with Crippen molar-refractivity contribution in [1.82, 2.24) is 0 Å². The van der Waals surface area contributed by atoms with Crippen molar-refractivity contribution in [2.75, 3.05) is 0 Å². The van der Waals surface area contributed by atoms with E-state index in [2.05, 4.69) is 13.8 Å². The van der Waals surface area contributed by atoms with Crippen LogP contribution < -0.4 is 0 Å². The Labute approximate surface area is 183 Å². The van der Waals surface area contributed by atoms with Gasteiger partial charge >= 0.3 is 11.9 Å². The second-order valence-electron chi connectivity index (χ2n) is 11.7. The summed E-state index contributed by atoms with van der Waals surface area (Å²) in [6, 6.07) is 0. The van der Waals surface area contributed by atoms with Crippen molar-refractivity contribution in [3.8, 4) is 0 Å². The molecule has 5 aliphatic rings. The van der Waals surface area contributed by atoms with E-state index < -0.39 is 52.1 Å². The van der Waals surface area contributed by atoms with E-state index in [1.165, 1.54) is 13.8 Å². The number of ether oxygens (including phenoxy) is 3. The van der Waals surface area contributed by atoms with Gasteiger partial charge in [-0.25, -0.2) is 0 Å². The van der Waals surface area contributed by atoms with Gasteiger partial charge in [-0.15, -0.1) is 0 Å². The lowest BCUT2D eigenvalue weighted by molar-refractivity contribution is -0.269. The predicted molar refractivity (Wildman–Crippen MR) is 109 cm³/mol. The Morgan fingerprint density at radius 2 is 1.71 bits per heavy atom. The van der Waals surface area contributed by atoms with Crippen LogP contribution in [-0.2, 0) is 28.6 Å². The zero-order chi connectivity index (χ0) is 22.7. The highest BCUT2D eigenvalue weighted by Gasteiger charge is 2.89. The molecule has 172 valence electrons. The molecule has 1 saturated heterocycles. The Balaban J connectivity index is 1.72. The van der Waals surface area contributed by atoms with Crippen molar-refractivity contribution < 1.29 is 33.7 Å². The molecular formula is C24H34O7. The lowest BCUT2D eigenvalue weighted by Crippen LogP contribution is -2.75. The number of hydrogen-bond acceptors (Lipinski definition) is 7. The number of ketones is 1. The summed E-state index contributed by atoms with van der Waals surface area (Å²) in [5.41, 5.74) is -2.87. The summed E-state index contributed by atoms with van der Waals surface area (Å²) in [6.45, 7) is 10.8. The zero-order valence-electron chi connectivity index (χ0n) is 19.3. The van der Waals surface area contributed by atoms with Crippen LogP contribution in [0.2, 0.25) is 0 Å². The standard InChI is InChI=1S/C24H34O7/c1-11-14-7-17-24(31-17)22(6)18(15(27)9-23(24,8-14)19(11)28)21(4,5)10-16(29-12(2)25)20(22)30-13(3)26/h11,14-18,20,27H,7-10H2,1-6H3/t11-,14-,15+,16+,17-,18-,20+,22+,23-,24+/m1/s1. The quantitative estimate of drug-likeness (QED) is 0.526. The van der Waals surface area contributed by atoms with E-state index in [0.717, 1.165) is 6.42 Å². The van der Waals surface area contributed by atoms with E-state index in [9.17, 15) is 19.5 Å². The van der Waals surface area contributed by atoms with Gasteiger partial charge in [-0.2, -0.15) is 0 Å². The number of carbonyl (C=O) groups is 3. The maximum absolute atomic E-state index is 13.7. The zero-order valence-corrected chi connectivity index (χ0v) is 19.3. The van der Waals surface area contributed by atoms with Crippen molar-refractivity contribution in [2.45, 2.75) is 97.2 Å². The molecule has 10 atom stereocenters. The van der Waals surface area contributed by atoms with Gasteiger partial charge in [-0.05, 0) is 37.0 Å². The number of esters is 2. The molecule has 1 heterocycles. The Kier molecular flexibility index (Phi) is 4.21. The molecule has 0 aromatic carbocycles. The summed E-state index contributed by atoms with van der Waals surface area (Å²) >= 11 is 0. The minimum absolute atomic E-state index is 0.0614. The molecule has 0 radical (unpaired) electrons. The van der Waals surface area contributed by atoms with Crippen LogP contribution in [0.4, 0.5) is 0 Å². The van der Waals surface area contributed by atoms with Crippen LogP contribution in [0.1, 0.15) is 67.2 Å². The van der Waals surface area contributed by atoms with Crippen LogP contribution in [0.3, 0.4) is 0 Å². The molecule has 1 aliphatic heterocycles. The lowest BCUT2D eigenvalue weighted by atomic mass is 9.38. The molecule has 0 amide bonds. The Morgan fingerprint density at radius 3 is 2.32 bits per heavy atom. The third-order valence-electron chi connectivity index (χ3n) is 9.65. The fraction of sp³-hybridized carbons (Fsp3) is 0.875. The molecule has 5 fully saturated rings. The van der Waals surface area contributed by atoms with Crippen LogP contribution in [0.25, 0.3) is 0 Å². The molecule has 7 nitrogen and oxygen atoms in total. The Morgan fingerprint density at radius 1 is 1.06 bits per heavy atom. The first-order valence-electron chi connectivity index (χ1n) is 11.6. The third-order valence-corrected chi connectivity index (χ3v) is 9.65. The second kappa shape index (κ2) is 6.10. The van der Waals surface area contributed by atoms with Gasteiger partial charge in [0.15, 0.2) is 0 Å². The average Bonchev–Trinajstić information content (AvgIpc) is 3.34. The first-order valence-corrected chi connectivity index (χ1v) is 11.6. The Hall–Kier alpha value is -1.47. The molecule has 31 heavy (non-hydrogen) atoms. The summed E-state index contributed by atoms with van der Waals surface area (Å²) in [5.74, 6) is -0.810. The molecule has 7 heteroatoms. The molecule has 2 bridgehead atoms. The highest BCUT2D eigenvalue weighted by molar-refractivity contribution is 5.92. The number of carbonyl (C=O) groups excluding carboxylic acids is 3. The fourth-order valence-corrected chi connectivity index (χ4v) is 9.08. The SMILES string of the molecule is CC(=O)O[C@H]1CC(C)(C)[C@H]2[C@@H](O)C[C@@]34C[C@@H](C[C@H]5O[C@]53[C@]2(C)[C@H]1OC(C)=O)[C@@H](C)C4=O. The van der Waals surface area contributed by atoms with Crippen LogP contribution in [-0.4, -0.2) is 52.8 Å². The van der Waals surface area contributed by atoms with Gasteiger partial charge in [0.1, 0.15) is 23.6 Å². The van der Waals surface area contributed by atoms with Gasteiger partial charge in [-0.1, -0.05) is 27.7 Å². The Bertz CT molecular complexity index is 866. The molecule has 1 N–H and O–H groups in total. The van der Waals surface area contributed by atoms with Gasteiger partial charge in [0.25, 0.3) is 0 Å². The monoisotopic (exact) mass is 434 g/mol. The first-order chi connectivity index (χ1) is 14.3. The number of fused-ring (bicyclic) bond motifs is 2. The van der Waals surface area contributed by atoms with Crippen molar-refractivity contribution >= 4 is 17.7 Å². The third kappa shape index (κ3) is 2.35. The number of hydrogen-bond donors (Lipinski definition) is 1. The molecule has 2 spiro atoms. The van der Waals surface area contributed by atoms with E-state index >= 15 is 0 Å². The summed E-state index contributed by atoms with van der Waals surface area (Å²) < 4.78 is 18.2. The van der Waals surface area contributed by atoms with Crippen LogP contribution in [0.15, 0.2) is 0 Å². The normalized spacial score (nSPS) is 53.6. The smallest absolute Gasteiger partial charge is 0.303 e. The van der Waals surface area contributed by atoms with E-state index in [1.807, 2.05) is 13.8 Å². The fourth-order valence-electron chi connectivity index (χ4n) is 9.08. The number of Topliss-reactive ketones (excluding diaryl/α,β-unsaturated/α-hetero) is 1. The van der Waals surface area contributed by atoms with Gasteiger partial charge < -0.3 is 19.3 Å². The van der Waals surface area contributed by atoms with Gasteiger partial charge in [-0.3, -0.25) is 14.4 Å². The second-order valence-corrected chi connectivity index (χ2v) is 11.7. The van der Waals surface area contributed by atoms with Gasteiger partial charge in [0.2, 0.25) is 0 Å². The topological polar surface area (TPSA) is 102 Å². The summed E-state index contributed by atoms with van der Waals surface area (Å²) in [7, 11) is 0. The van der Waals surface area contributed by atoms with Crippen molar-refractivity contribution in [1.29, 1.82) is 0 Å². The van der Waals surface area contributed by atoms with Crippen LogP contribution >= 0.6 is 0 Å². The molecule has 0 aromatic heterocycles.